The summed E-state index contributed by atoms with van der Waals surface area (Å²) in [5, 5.41) is 8.24. The maximum absolute atomic E-state index is 5.71. The van der Waals surface area contributed by atoms with E-state index in [9.17, 15) is 0 Å². The van der Waals surface area contributed by atoms with Crippen LogP contribution >= 0.6 is 12.4 Å². The molecular weight excluding hydrogens is 262 g/mol. The lowest BCUT2D eigenvalue weighted by Gasteiger charge is -2.24. The number of piperidine rings is 1. The topological polar surface area (TPSA) is 42.2 Å². The van der Waals surface area contributed by atoms with Crippen LogP contribution in [0, 0.1) is 0 Å². The van der Waals surface area contributed by atoms with Gasteiger partial charge in [0.1, 0.15) is 0 Å². The maximum Gasteiger partial charge on any atom is 0.247 e. The molecule has 1 saturated heterocycles. The van der Waals surface area contributed by atoms with Gasteiger partial charge in [-0.25, -0.2) is 0 Å². The Balaban J connectivity index is 0.00000133. The molecule has 0 radical (unpaired) electrons. The van der Waals surface area contributed by atoms with Crippen molar-refractivity contribution in [2.45, 2.75) is 25.8 Å². The van der Waals surface area contributed by atoms with Crippen LogP contribution in [0.1, 0.15) is 25.2 Å². The molecule has 1 aliphatic rings. The van der Waals surface area contributed by atoms with E-state index in [0.29, 0.717) is 5.89 Å². The molecule has 0 unspecified atom stereocenters. The molecule has 1 aromatic heterocycles. The first-order valence-corrected chi connectivity index (χ1v) is 6.52. The number of aromatic nitrogens is 2. The van der Waals surface area contributed by atoms with E-state index in [1.54, 1.807) is 0 Å². The van der Waals surface area contributed by atoms with Gasteiger partial charge >= 0.3 is 0 Å². The molecular formula is C14H18ClN3O. The van der Waals surface area contributed by atoms with Gasteiger partial charge in [0, 0.05) is 5.56 Å². The molecule has 19 heavy (non-hydrogen) atoms. The summed E-state index contributed by atoms with van der Waals surface area (Å²) in [6.07, 6.45) is 3.90. The Kier molecular flexibility index (Phi) is 4.93. The fourth-order valence-electron chi connectivity index (χ4n) is 2.32. The fourth-order valence-corrected chi connectivity index (χ4v) is 2.32. The van der Waals surface area contributed by atoms with Gasteiger partial charge in [-0.2, -0.15) is 0 Å². The van der Waals surface area contributed by atoms with Gasteiger partial charge in [-0.1, -0.05) is 24.6 Å². The Hall–Kier alpha value is -1.39. The van der Waals surface area contributed by atoms with E-state index in [4.69, 9.17) is 4.42 Å². The Labute approximate surface area is 119 Å². The molecule has 0 N–H and O–H groups in total. The van der Waals surface area contributed by atoms with Gasteiger partial charge in [0.25, 0.3) is 0 Å². The lowest BCUT2D eigenvalue weighted by atomic mass is 10.1. The second-order valence-corrected chi connectivity index (χ2v) is 4.70. The Morgan fingerprint density at radius 1 is 1.00 bits per heavy atom. The number of benzene rings is 1. The molecule has 0 spiro atoms. The van der Waals surface area contributed by atoms with Gasteiger partial charge in [0.2, 0.25) is 11.8 Å². The van der Waals surface area contributed by atoms with E-state index in [1.807, 2.05) is 30.3 Å². The molecule has 1 aliphatic heterocycles. The monoisotopic (exact) mass is 279 g/mol. The maximum atomic E-state index is 5.71. The number of rotatable bonds is 3. The molecule has 4 nitrogen and oxygen atoms in total. The molecule has 2 heterocycles. The molecule has 102 valence electrons. The number of likely N-dealkylation sites (tertiary alicyclic amines) is 1. The first-order chi connectivity index (χ1) is 8.92. The van der Waals surface area contributed by atoms with Crippen LogP contribution in [0.2, 0.25) is 0 Å². The van der Waals surface area contributed by atoms with Crippen molar-refractivity contribution in [2.75, 3.05) is 13.1 Å². The van der Waals surface area contributed by atoms with Crippen LogP contribution in [-0.2, 0) is 6.54 Å². The number of hydrogen-bond acceptors (Lipinski definition) is 4. The quantitative estimate of drug-likeness (QED) is 0.866. The van der Waals surface area contributed by atoms with Crippen molar-refractivity contribution >= 4 is 12.4 Å². The van der Waals surface area contributed by atoms with E-state index in [-0.39, 0.29) is 12.4 Å². The minimum absolute atomic E-state index is 0. The number of nitrogens with zero attached hydrogens (tertiary/aromatic N) is 3. The second-order valence-electron chi connectivity index (χ2n) is 4.70. The Morgan fingerprint density at radius 2 is 1.74 bits per heavy atom. The third kappa shape index (κ3) is 3.55. The molecule has 0 bridgehead atoms. The Bertz CT molecular complexity index is 494. The fraction of sp³-hybridized carbons (Fsp3) is 0.429. The normalized spacial score (nSPS) is 16.0. The minimum atomic E-state index is 0. The lowest BCUT2D eigenvalue weighted by Crippen LogP contribution is -2.29. The predicted octanol–water partition coefficient (Wildman–Crippen LogP) is 3.14. The average molecular weight is 280 g/mol. The summed E-state index contributed by atoms with van der Waals surface area (Å²) in [4.78, 5) is 2.38. The molecule has 0 saturated carbocycles. The first-order valence-electron chi connectivity index (χ1n) is 6.52. The molecule has 5 heteroatoms. The molecule has 1 fully saturated rings. The van der Waals surface area contributed by atoms with Crippen LogP contribution in [-0.4, -0.2) is 28.2 Å². The van der Waals surface area contributed by atoms with Crippen molar-refractivity contribution in [2.24, 2.45) is 0 Å². The number of hydrogen-bond donors (Lipinski definition) is 0. The highest BCUT2D eigenvalue weighted by molar-refractivity contribution is 5.85. The smallest absolute Gasteiger partial charge is 0.247 e. The van der Waals surface area contributed by atoms with Crippen molar-refractivity contribution in [1.82, 2.24) is 15.1 Å². The highest BCUT2D eigenvalue weighted by atomic mass is 35.5. The summed E-state index contributed by atoms with van der Waals surface area (Å²) in [7, 11) is 0. The van der Waals surface area contributed by atoms with Crippen LogP contribution < -0.4 is 0 Å². The Morgan fingerprint density at radius 3 is 2.47 bits per heavy atom. The van der Waals surface area contributed by atoms with Gasteiger partial charge in [-0.15, -0.1) is 22.6 Å². The zero-order chi connectivity index (χ0) is 12.2. The van der Waals surface area contributed by atoms with Crippen molar-refractivity contribution in [3.05, 3.63) is 36.2 Å². The van der Waals surface area contributed by atoms with Crippen LogP contribution in [0.15, 0.2) is 34.7 Å². The second kappa shape index (κ2) is 6.68. The third-order valence-electron chi connectivity index (χ3n) is 3.30. The van der Waals surface area contributed by atoms with Crippen LogP contribution in [0.5, 0.6) is 0 Å². The molecule has 0 atom stereocenters. The van der Waals surface area contributed by atoms with Crippen LogP contribution in [0.3, 0.4) is 0 Å². The van der Waals surface area contributed by atoms with Crippen molar-refractivity contribution in [3.63, 3.8) is 0 Å². The van der Waals surface area contributed by atoms with Crippen molar-refractivity contribution < 1.29 is 4.42 Å². The molecule has 0 amide bonds. The minimum Gasteiger partial charge on any atom is -0.419 e. The van der Waals surface area contributed by atoms with Crippen molar-refractivity contribution in [3.8, 4) is 11.5 Å². The van der Waals surface area contributed by atoms with E-state index in [0.717, 1.165) is 31.1 Å². The van der Waals surface area contributed by atoms with Crippen molar-refractivity contribution in [1.29, 1.82) is 0 Å². The highest BCUT2D eigenvalue weighted by Gasteiger charge is 2.14. The highest BCUT2D eigenvalue weighted by Crippen LogP contribution is 2.18. The molecule has 1 aromatic carbocycles. The summed E-state index contributed by atoms with van der Waals surface area (Å²) in [6.45, 7) is 3.06. The van der Waals surface area contributed by atoms with Gasteiger partial charge in [0.15, 0.2) is 0 Å². The van der Waals surface area contributed by atoms with E-state index in [2.05, 4.69) is 15.1 Å². The first kappa shape index (κ1) is 14.0. The van der Waals surface area contributed by atoms with Crippen LogP contribution in [0.25, 0.3) is 11.5 Å². The standard InChI is InChI=1S/C14H17N3O.ClH/c1-3-7-12(8-4-1)14-16-15-13(18-14)11-17-9-5-2-6-10-17;/h1,3-4,7-8H,2,5-6,9-11H2;1H. The third-order valence-corrected chi connectivity index (χ3v) is 3.30. The van der Waals surface area contributed by atoms with E-state index < -0.39 is 0 Å². The van der Waals surface area contributed by atoms with E-state index >= 15 is 0 Å². The summed E-state index contributed by atoms with van der Waals surface area (Å²) in [5.41, 5.74) is 0.981. The number of halogens is 1. The van der Waals surface area contributed by atoms with Gasteiger partial charge in [0.05, 0.1) is 6.54 Å². The zero-order valence-corrected chi connectivity index (χ0v) is 11.6. The molecule has 0 aliphatic carbocycles. The molecule has 3 rings (SSSR count). The van der Waals surface area contributed by atoms with Gasteiger partial charge in [-0.3, -0.25) is 4.90 Å². The summed E-state index contributed by atoms with van der Waals surface area (Å²) in [5.74, 6) is 1.33. The zero-order valence-electron chi connectivity index (χ0n) is 10.8. The lowest BCUT2D eigenvalue weighted by molar-refractivity contribution is 0.202. The average Bonchev–Trinajstić information content (AvgIpc) is 2.89. The molecule has 2 aromatic rings. The summed E-state index contributed by atoms with van der Waals surface area (Å²) >= 11 is 0. The van der Waals surface area contributed by atoms with E-state index in [1.165, 1.54) is 19.3 Å². The largest absolute Gasteiger partial charge is 0.419 e. The van der Waals surface area contributed by atoms with Crippen LogP contribution in [0.4, 0.5) is 0 Å². The SMILES string of the molecule is Cl.c1ccc(-c2nnc(CN3CCCCC3)o2)cc1. The predicted molar refractivity (Wildman–Crippen MR) is 76.1 cm³/mol. The van der Waals surface area contributed by atoms with Gasteiger partial charge < -0.3 is 4.42 Å². The summed E-state index contributed by atoms with van der Waals surface area (Å²) < 4.78 is 5.71. The summed E-state index contributed by atoms with van der Waals surface area (Å²) in [6, 6.07) is 9.90. The van der Waals surface area contributed by atoms with Gasteiger partial charge in [-0.05, 0) is 38.1 Å².